The second kappa shape index (κ2) is 10.8. The molecule has 38 heavy (non-hydrogen) atoms. The molecule has 2 N–H and O–H groups in total. The number of ether oxygens (including phenoxy) is 2. The van der Waals surface area contributed by atoms with Crippen LogP contribution in [-0.2, 0) is 21.2 Å². The second-order valence-electron chi connectivity index (χ2n) is 8.88. The van der Waals surface area contributed by atoms with E-state index in [0.717, 1.165) is 17.3 Å². The van der Waals surface area contributed by atoms with Crippen molar-refractivity contribution >= 4 is 27.5 Å². The lowest BCUT2D eigenvalue weighted by Gasteiger charge is -2.31. The zero-order valence-corrected chi connectivity index (χ0v) is 22.7. The van der Waals surface area contributed by atoms with E-state index in [-0.39, 0.29) is 5.75 Å². The Kier molecular flexibility index (Phi) is 7.82. The number of halogens is 2. The zero-order chi connectivity index (χ0) is 27.7. The van der Waals surface area contributed by atoms with Crippen molar-refractivity contribution in [3.63, 3.8) is 0 Å². The first kappa shape index (κ1) is 27.6. The number of fused-ring (bicyclic) bond motifs is 1. The van der Waals surface area contributed by atoms with Crippen molar-refractivity contribution in [1.82, 2.24) is 9.55 Å². The highest BCUT2D eigenvalue weighted by Gasteiger charge is 2.35. The van der Waals surface area contributed by atoms with Gasteiger partial charge in [-0.25, -0.2) is 27.3 Å². The van der Waals surface area contributed by atoms with Crippen LogP contribution in [0.1, 0.15) is 30.2 Å². The summed E-state index contributed by atoms with van der Waals surface area (Å²) in [6, 6.07) is 9.32. The highest BCUT2D eigenvalue weighted by Crippen LogP contribution is 2.43. The summed E-state index contributed by atoms with van der Waals surface area (Å²) >= 11 is 1.30. The number of thioether (sulfide) groups is 1. The minimum Gasteiger partial charge on any atom is -0.493 e. The van der Waals surface area contributed by atoms with E-state index in [1.165, 1.54) is 36.0 Å². The molecule has 1 aromatic heterocycles. The number of nitrogens with zero attached hydrogens (tertiary/aromatic N) is 2. The molecule has 200 valence electrons. The van der Waals surface area contributed by atoms with Crippen LogP contribution in [0.15, 0.2) is 83.3 Å². The third-order valence-corrected chi connectivity index (χ3v) is 8.36. The summed E-state index contributed by atoms with van der Waals surface area (Å²) in [5.41, 5.74) is 1.90. The number of benzene rings is 2. The minimum atomic E-state index is -4.22. The van der Waals surface area contributed by atoms with Gasteiger partial charge in [0.25, 0.3) is 0 Å². The number of sulfonamides is 1. The lowest BCUT2D eigenvalue weighted by Crippen LogP contribution is -2.26. The normalized spacial score (nSPS) is 17.7. The van der Waals surface area contributed by atoms with Crippen LogP contribution in [0.4, 0.5) is 8.78 Å². The van der Waals surface area contributed by atoms with Gasteiger partial charge in [-0.3, -0.25) is 4.57 Å². The molecule has 4 rings (SSSR count). The van der Waals surface area contributed by atoms with Crippen molar-refractivity contribution < 1.29 is 26.7 Å². The Balaban J connectivity index is 1.79. The molecule has 0 amide bonds. The molecule has 1 atom stereocenters. The predicted molar refractivity (Wildman–Crippen MR) is 144 cm³/mol. The van der Waals surface area contributed by atoms with E-state index in [2.05, 4.69) is 11.6 Å². The van der Waals surface area contributed by atoms with Gasteiger partial charge in [-0.2, -0.15) is 0 Å². The molecule has 11 heteroatoms. The molecule has 0 bridgehead atoms. The van der Waals surface area contributed by atoms with E-state index in [1.54, 1.807) is 32.6 Å². The first-order valence-electron chi connectivity index (χ1n) is 11.5. The molecule has 2 aromatic carbocycles. The molecule has 0 spiro atoms. The van der Waals surface area contributed by atoms with Gasteiger partial charge in [0.2, 0.25) is 10.0 Å². The van der Waals surface area contributed by atoms with E-state index >= 15 is 0 Å². The van der Waals surface area contributed by atoms with Gasteiger partial charge in [-0.05, 0) is 67.0 Å². The van der Waals surface area contributed by atoms with Gasteiger partial charge in [-0.1, -0.05) is 30.5 Å². The Morgan fingerprint density at radius 2 is 1.87 bits per heavy atom. The third-order valence-electron chi connectivity index (χ3n) is 6.41. The highest BCUT2D eigenvalue weighted by molar-refractivity contribution is 7.98. The average Bonchev–Trinajstić information content (AvgIpc) is 3.34. The number of primary sulfonamides is 1. The fourth-order valence-corrected chi connectivity index (χ4v) is 5.88. The van der Waals surface area contributed by atoms with Crippen molar-refractivity contribution in [2.75, 3.05) is 14.2 Å². The van der Waals surface area contributed by atoms with Crippen LogP contribution in [-0.4, -0.2) is 32.2 Å². The van der Waals surface area contributed by atoms with Gasteiger partial charge >= 0.3 is 0 Å². The predicted octanol–water partition coefficient (Wildman–Crippen LogP) is 5.57. The lowest BCUT2D eigenvalue weighted by atomic mass is 9.76. The number of methoxy groups -OCH3 is 2. The van der Waals surface area contributed by atoms with Gasteiger partial charge < -0.3 is 9.47 Å². The molecule has 1 unspecified atom stereocenters. The minimum absolute atomic E-state index is 0.274. The highest BCUT2D eigenvalue weighted by atomic mass is 32.2. The SMILES string of the molecule is C=C1C=CC(F)=CCC(C)(c2ccc(OC)c(OC)c2)c2cnc(SCc3ccc(F)c(S(N)(=O)=O)c3)n21. The smallest absolute Gasteiger partial charge is 0.240 e. The van der Waals surface area contributed by atoms with Crippen molar-refractivity contribution in [3.05, 3.63) is 95.9 Å². The summed E-state index contributed by atoms with van der Waals surface area (Å²) < 4.78 is 64.9. The maximum atomic E-state index is 14.6. The molecule has 2 heterocycles. The van der Waals surface area contributed by atoms with E-state index in [4.69, 9.17) is 14.6 Å². The number of hydrogen-bond acceptors (Lipinski definition) is 6. The first-order chi connectivity index (χ1) is 18.0. The monoisotopic (exact) mass is 559 g/mol. The van der Waals surface area contributed by atoms with Gasteiger partial charge in [0, 0.05) is 16.9 Å². The topological polar surface area (TPSA) is 96.4 Å². The summed E-state index contributed by atoms with van der Waals surface area (Å²) in [6.07, 6.45) is 6.47. The standard InChI is InChI=1S/C27H27F2N3O4S2/c1-17-5-8-20(28)11-12-27(2,19-7-10-22(35-3)23(14-19)36-4)25-15-31-26(32(17)25)37-16-18-6-9-21(29)24(13-18)38(30,33)34/h5-11,13-15H,1,12,16H2,2-4H3,(H2,30,33,34). The van der Waals surface area contributed by atoms with Crippen LogP contribution in [0, 0.1) is 5.82 Å². The van der Waals surface area contributed by atoms with Gasteiger partial charge in [0.15, 0.2) is 16.7 Å². The first-order valence-corrected chi connectivity index (χ1v) is 14.0. The van der Waals surface area contributed by atoms with Crippen LogP contribution in [0.25, 0.3) is 5.70 Å². The summed E-state index contributed by atoms with van der Waals surface area (Å²) in [6.45, 7) is 6.12. The van der Waals surface area contributed by atoms with Crippen LogP contribution in [0.3, 0.4) is 0 Å². The molecule has 7 nitrogen and oxygen atoms in total. The zero-order valence-electron chi connectivity index (χ0n) is 21.1. The maximum Gasteiger partial charge on any atom is 0.240 e. The lowest BCUT2D eigenvalue weighted by molar-refractivity contribution is 0.353. The molecule has 0 fully saturated rings. The molecular weight excluding hydrogens is 532 g/mol. The van der Waals surface area contributed by atoms with Crippen molar-refractivity contribution in [2.45, 2.75) is 34.6 Å². The quantitative estimate of drug-likeness (QED) is 0.380. The van der Waals surface area contributed by atoms with E-state index < -0.39 is 32.0 Å². The fourth-order valence-electron chi connectivity index (χ4n) is 4.28. The number of hydrogen-bond donors (Lipinski definition) is 1. The van der Waals surface area contributed by atoms with Gasteiger partial charge in [-0.15, -0.1) is 0 Å². The van der Waals surface area contributed by atoms with Crippen molar-refractivity contribution in [2.24, 2.45) is 5.14 Å². The van der Waals surface area contributed by atoms with Gasteiger partial charge in [0.1, 0.15) is 16.5 Å². The van der Waals surface area contributed by atoms with Crippen LogP contribution in [0.5, 0.6) is 11.5 Å². The van der Waals surface area contributed by atoms with E-state index in [0.29, 0.717) is 34.3 Å². The number of rotatable bonds is 7. The van der Waals surface area contributed by atoms with E-state index in [9.17, 15) is 17.2 Å². The molecule has 0 saturated carbocycles. The third kappa shape index (κ3) is 5.40. The molecule has 1 aliphatic rings. The Bertz CT molecular complexity index is 1560. The summed E-state index contributed by atoms with van der Waals surface area (Å²) in [4.78, 5) is 4.06. The number of allylic oxidation sites excluding steroid dienone is 5. The van der Waals surface area contributed by atoms with Crippen molar-refractivity contribution in [1.29, 1.82) is 0 Å². The Morgan fingerprint density at radius 3 is 2.55 bits per heavy atom. The van der Waals surface area contributed by atoms with Gasteiger partial charge in [0.05, 0.1) is 26.1 Å². The molecule has 0 saturated heterocycles. The van der Waals surface area contributed by atoms with Crippen LogP contribution in [0.2, 0.25) is 0 Å². The second-order valence-corrected chi connectivity index (χ2v) is 11.4. The molecule has 0 radical (unpaired) electrons. The largest absolute Gasteiger partial charge is 0.493 e. The fraction of sp³-hybridized carbons (Fsp3) is 0.222. The number of nitrogens with two attached hydrogens (primary N) is 1. The number of aromatic nitrogens is 2. The average molecular weight is 560 g/mol. The summed E-state index contributed by atoms with van der Waals surface area (Å²) in [5, 5.41) is 5.69. The molecule has 0 aliphatic carbocycles. The Morgan fingerprint density at radius 1 is 1.13 bits per heavy atom. The Labute approximate surface area is 224 Å². The maximum absolute atomic E-state index is 14.6. The van der Waals surface area contributed by atoms with Crippen molar-refractivity contribution in [3.8, 4) is 11.5 Å². The molecule has 3 aromatic rings. The van der Waals surface area contributed by atoms with Crippen LogP contribution >= 0.6 is 11.8 Å². The number of imidazole rings is 1. The summed E-state index contributed by atoms with van der Waals surface area (Å²) in [7, 11) is -1.11. The molecule has 1 aliphatic heterocycles. The Hall–Kier alpha value is -3.41. The summed E-state index contributed by atoms with van der Waals surface area (Å²) in [5.74, 6) is 0.0687. The molecular formula is C27H27F2N3O4S2. The van der Waals surface area contributed by atoms with Crippen LogP contribution < -0.4 is 14.6 Å². The van der Waals surface area contributed by atoms with E-state index in [1.807, 2.05) is 23.6 Å².